The molecule has 0 saturated carbocycles. The fourth-order valence-corrected chi connectivity index (χ4v) is 2.41. The van der Waals surface area contributed by atoms with E-state index in [9.17, 15) is 4.79 Å². The molecule has 2 aromatic rings. The molecule has 2 N–H and O–H groups in total. The van der Waals surface area contributed by atoms with Crippen LogP contribution in [-0.2, 0) is 6.54 Å². The summed E-state index contributed by atoms with van der Waals surface area (Å²) < 4.78 is 7.44. The van der Waals surface area contributed by atoms with Crippen LogP contribution in [0.3, 0.4) is 0 Å². The second-order valence-corrected chi connectivity index (χ2v) is 5.01. The molecule has 5 nitrogen and oxygen atoms in total. The molecule has 0 aliphatic heterocycles. The van der Waals surface area contributed by atoms with E-state index >= 15 is 0 Å². The molecule has 0 bridgehead atoms. The third kappa shape index (κ3) is 3.53. The van der Waals surface area contributed by atoms with Crippen molar-refractivity contribution < 1.29 is 9.84 Å². The van der Waals surface area contributed by atoms with Crippen molar-refractivity contribution in [1.82, 2.24) is 9.55 Å². The molecule has 2 rings (SSSR count). The summed E-state index contributed by atoms with van der Waals surface area (Å²) in [4.78, 5) is 14.2. The highest BCUT2D eigenvalue weighted by molar-refractivity contribution is 7.71. The average Bonchev–Trinajstić information content (AvgIpc) is 2.45. The van der Waals surface area contributed by atoms with Crippen LogP contribution in [0.1, 0.15) is 0 Å². The van der Waals surface area contributed by atoms with Crippen molar-refractivity contribution in [3.63, 3.8) is 0 Å². The Kier molecular flexibility index (Phi) is 5.17. The zero-order valence-corrected chi connectivity index (χ0v) is 12.7. The predicted octanol–water partition coefficient (Wildman–Crippen LogP) is 2.43. The van der Waals surface area contributed by atoms with Gasteiger partial charge in [0.15, 0.2) is 4.77 Å². The summed E-state index contributed by atoms with van der Waals surface area (Å²) in [5.74, 6) is 0.510. The van der Waals surface area contributed by atoms with Crippen LogP contribution in [0.4, 0.5) is 0 Å². The van der Waals surface area contributed by atoms with E-state index in [1.165, 1.54) is 6.07 Å². The maximum absolute atomic E-state index is 11.7. The van der Waals surface area contributed by atoms with Gasteiger partial charge in [-0.25, -0.2) is 0 Å². The lowest BCUT2D eigenvalue weighted by Crippen LogP contribution is -2.14. The Labute approximate surface area is 131 Å². The monoisotopic (exact) mass is 325 g/mol. The van der Waals surface area contributed by atoms with Crippen LogP contribution in [0.5, 0.6) is 5.75 Å². The lowest BCUT2D eigenvalue weighted by molar-refractivity contribution is 0.202. The van der Waals surface area contributed by atoms with Gasteiger partial charge in [-0.2, -0.15) is 0 Å². The second-order valence-electron chi connectivity index (χ2n) is 4.19. The summed E-state index contributed by atoms with van der Waals surface area (Å²) in [5, 5.41) is 9.40. The Balaban J connectivity index is 2.68. The molecule has 1 aromatic carbocycles. The van der Waals surface area contributed by atoms with E-state index in [0.29, 0.717) is 28.6 Å². The first-order valence-corrected chi connectivity index (χ1v) is 7.02. The zero-order valence-electron chi connectivity index (χ0n) is 11.1. The van der Waals surface area contributed by atoms with E-state index in [4.69, 9.17) is 33.7 Å². The summed E-state index contributed by atoms with van der Waals surface area (Å²) in [7, 11) is 0. The summed E-state index contributed by atoms with van der Waals surface area (Å²) in [6.07, 6.45) is 0. The SMILES string of the molecule is [CH2]Cn1c(-c2cc(Cl)ccc2OCCO)cc(=O)[nH]c1=S. The molecule has 1 aromatic heterocycles. The van der Waals surface area contributed by atoms with Gasteiger partial charge in [0.25, 0.3) is 5.56 Å². The van der Waals surface area contributed by atoms with Crippen molar-refractivity contribution in [3.05, 3.63) is 51.3 Å². The van der Waals surface area contributed by atoms with Crippen molar-refractivity contribution in [1.29, 1.82) is 0 Å². The highest BCUT2D eigenvalue weighted by Crippen LogP contribution is 2.32. The Bertz CT molecular complexity index is 755. The number of hydrogen-bond acceptors (Lipinski definition) is 4. The number of ether oxygens (including phenoxy) is 1. The summed E-state index contributed by atoms with van der Waals surface area (Å²) >= 11 is 11.2. The first-order chi connectivity index (χ1) is 10.1. The normalized spacial score (nSPS) is 10.6. The van der Waals surface area contributed by atoms with Gasteiger partial charge in [-0.3, -0.25) is 9.78 Å². The summed E-state index contributed by atoms with van der Waals surface area (Å²) in [6, 6.07) is 6.46. The molecule has 0 saturated heterocycles. The smallest absolute Gasteiger partial charge is 0.252 e. The third-order valence-electron chi connectivity index (χ3n) is 2.82. The molecule has 1 radical (unpaired) electrons. The van der Waals surface area contributed by atoms with Crippen molar-refractivity contribution in [2.24, 2.45) is 0 Å². The highest BCUT2D eigenvalue weighted by atomic mass is 35.5. The number of hydrogen-bond donors (Lipinski definition) is 2. The molecule has 1 heterocycles. The molecule has 0 amide bonds. The number of aliphatic hydroxyl groups excluding tert-OH is 1. The second kappa shape index (κ2) is 6.89. The van der Waals surface area contributed by atoms with Crippen molar-refractivity contribution in [2.45, 2.75) is 6.54 Å². The topological polar surface area (TPSA) is 67.2 Å². The molecule has 21 heavy (non-hydrogen) atoms. The molecule has 0 aliphatic rings. The number of nitrogens with zero attached hydrogens (tertiary/aromatic N) is 1. The van der Waals surface area contributed by atoms with Gasteiger partial charge in [0.2, 0.25) is 0 Å². The largest absolute Gasteiger partial charge is 0.490 e. The molecule has 0 fully saturated rings. The Hall–Kier alpha value is -1.63. The third-order valence-corrected chi connectivity index (χ3v) is 3.38. The lowest BCUT2D eigenvalue weighted by Gasteiger charge is -2.15. The van der Waals surface area contributed by atoms with Crippen LogP contribution in [0, 0.1) is 11.7 Å². The summed E-state index contributed by atoms with van der Waals surface area (Å²) in [5.41, 5.74) is 0.874. The van der Waals surface area contributed by atoms with Crippen LogP contribution >= 0.6 is 23.8 Å². The minimum absolute atomic E-state index is 0.112. The van der Waals surface area contributed by atoms with Gasteiger partial charge < -0.3 is 14.4 Å². The van der Waals surface area contributed by atoms with E-state index in [1.807, 2.05) is 0 Å². The van der Waals surface area contributed by atoms with Crippen LogP contribution in [0.15, 0.2) is 29.1 Å². The van der Waals surface area contributed by atoms with E-state index in [0.717, 1.165) is 0 Å². The Morgan fingerprint density at radius 2 is 2.19 bits per heavy atom. The molecular formula is C14H14ClN2O3S. The summed E-state index contributed by atoms with van der Waals surface area (Å²) in [6.45, 7) is 4.18. The number of aromatic nitrogens is 2. The number of nitrogens with one attached hydrogen (secondary N) is 1. The number of rotatable bonds is 5. The number of H-pyrrole nitrogens is 1. The first kappa shape index (κ1) is 15.8. The average molecular weight is 326 g/mol. The fourth-order valence-electron chi connectivity index (χ4n) is 1.95. The van der Waals surface area contributed by atoms with E-state index in [1.54, 1.807) is 22.8 Å². The Morgan fingerprint density at radius 1 is 1.43 bits per heavy atom. The molecular weight excluding hydrogens is 312 g/mol. The van der Waals surface area contributed by atoms with Gasteiger partial charge >= 0.3 is 0 Å². The van der Waals surface area contributed by atoms with Gasteiger partial charge in [-0.05, 0) is 37.3 Å². The van der Waals surface area contributed by atoms with Crippen molar-refractivity contribution >= 4 is 23.8 Å². The lowest BCUT2D eigenvalue weighted by atomic mass is 10.1. The van der Waals surface area contributed by atoms with Gasteiger partial charge in [0.1, 0.15) is 12.4 Å². The highest BCUT2D eigenvalue weighted by Gasteiger charge is 2.12. The maximum atomic E-state index is 11.7. The van der Waals surface area contributed by atoms with Crippen LogP contribution < -0.4 is 10.3 Å². The van der Waals surface area contributed by atoms with Gasteiger partial charge in [0.05, 0.1) is 12.3 Å². The van der Waals surface area contributed by atoms with Crippen LogP contribution in [-0.4, -0.2) is 27.9 Å². The van der Waals surface area contributed by atoms with Gasteiger partial charge in [0, 0.05) is 23.2 Å². The number of aliphatic hydroxyl groups is 1. The standard InChI is InChI=1S/C14H14ClN2O3S/c1-2-17-11(8-13(19)16-14(17)21)10-7-9(15)3-4-12(10)20-6-5-18/h3-4,7-8,18H,1-2,5-6H2,(H,16,19,21). The Morgan fingerprint density at radius 3 is 2.86 bits per heavy atom. The molecule has 0 aliphatic carbocycles. The minimum atomic E-state index is -0.312. The molecule has 7 heteroatoms. The van der Waals surface area contributed by atoms with Crippen LogP contribution in [0.25, 0.3) is 11.3 Å². The number of benzene rings is 1. The molecule has 0 spiro atoms. The van der Waals surface area contributed by atoms with Gasteiger partial charge in [-0.15, -0.1) is 0 Å². The fraction of sp³-hybridized carbons (Fsp3) is 0.214. The van der Waals surface area contributed by atoms with E-state index in [-0.39, 0.29) is 23.5 Å². The van der Waals surface area contributed by atoms with Crippen molar-refractivity contribution in [2.75, 3.05) is 13.2 Å². The van der Waals surface area contributed by atoms with Crippen LogP contribution in [0.2, 0.25) is 5.02 Å². The molecule has 0 unspecified atom stereocenters. The predicted molar refractivity (Wildman–Crippen MR) is 84.3 cm³/mol. The molecule has 0 atom stereocenters. The van der Waals surface area contributed by atoms with E-state index < -0.39 is 0 Å². The minimum Gasteiger partial charge on any atom is -0.490 e. The zero-order chi connectivity index (χ0) is 15.4. The number of halogens is 1. The van der Waals surface area contributed by atoms with E-state index in [2.05, 4.69) is 11.9 Å². The first-order valence-electron chi connectivity index (χ1n) is 6.24. The maximum Gasteiger partial charge on any atom is 0.252 e. The number of aromatic amines is 1. The van der Waals surface area contributed by atoms with Crippen molar-refractivity contribution in [3.8, 4) is 17.0 Å². The van der Waals surface area contributed by atoms with Gasteiger partial charge in [-0.1, -0.05) is 11.6 Å². The molecule has 111 valence electrons. The quantitative estimate of drug-likeness (QED) is 0.829.